The maximum Gasteiger partial charge on any atom is 0.416 e. The highest BCUT2D eigenvalue weighted by atomic mass is 19.4. The van der Waals surface area contributed by atoms with Gasteiger partial charge in [-0.05, 0) is 49.1 Å². The van der Waals surface area contributed by atoms with Gasteiger partial charge in [-0.25, -0.2) is 0 Å². The number of alkyl halides is 3. The van der Waals surface area contributed by atoms with E-state index in [1.807, 2.05) is 0 Å². The topological polar surface area (TPSA) is 12.0 Å². The summed E-state index contributed by atoms with van der Waals surface area (Å²) >= 11 is 0. The van der Waals surface area contributed by atoms with E-state index < -0.39 is 11.7 Å². The van der Waals surface area contributed by atoms with Crippen molar-refractivity contribution >= 4 is 0 Å². The molecule has 1 saturated carbocycles. The Bertz CT molecular complexity index is 466. The summed E-state index contributed by atoms with van der Waals surface area (Å²) in [4.78, 5) is 0. The Hall–Kier alpha value is -1.03. The lowest BCUT2D eigenvalue weighted by molar-refractivity contribution is -0.137. The predicted octanol–water partition coefficient (Wildman–Crippen LogP) is 2.87. The number of nitrogens with one attached hydrogen (secondary N) is 1. The van der Waals surface area contributed by atoms with Crippen LogP contribution in [0.5, 0.6) is 0 Å². The molecule has 2 fully saturated rings. The highest BCUT2D eigenvalue weighted by Gasteiger charge is 2.58. The Morgan fingerprint density at radius 3 is 2.59 bits per heavy atom. The molecule has 1 saturated heterocycles. The molecule has 0 radical (unpaired) electrons. The van der Waals surface area contributed by atoms with Gasteiger partial charge in [0.05, 0.1) is 5.56 Å². The van der Waals surface area contributed by atoms with Crippen LogP contribution < -0.4 is 5.32 Å². The van der Waals surface area contributed by atoms with Gasteiger partial charge in [-0.15, -0.1) is 0 Å². The van der Waals surface area contributed by atoms with Crippen molar-refractivity contribution in [1.29, 1.82) is 0 Å². The first-order valence-electron chi connectivity index (χ1n) is 5.82. The van der Waals surface area contributed by atoms with Crippen LogP contribution >= 0.6 is 0 Å². The fourth-order valence-electron chi connectivity index (χ4n) is 3.16. The van der Waals surface area contributed by atoms with Crippen LogP contribution in [0.4, 0.5) is 13.2 Å². The third-order valence-electron chi connectivity index (χ3n) is 4.15. The molecule has 0 unspecified atom stereocenters. The Balaban J connectivity index is 1.98. The van der Waals surface area contributed by atoms with Crippen molar-refractivity contribution in [2.24, 2.45) is 5.92 Å². The Kier molecular flexibility index (Phi) is 2.12. The molecule has 2 atom stereocenters. The molecule has 17 heavy (non-hydrogen) atoms. The molecular formula is C13H14F3N. The zero-order chi connectivity index (χ0) is 12.3. The van der Waals surface area contributed by atoms with Gasteiger partial charge in [0.25, 0.3) is 0 Å². The number of benzene rings is 1. The third-order valence-corrected chi connectivity index (χ3v) is 4.15. The van der Waals surface area contributed by atoms with E-state index in [-0.39, 0.29) is 5.41 Å². The van der Waals surface area contributed by atoms with Gasteiger partial charge in [-0.2, -0.15) is 13.2 Å². The molecule has 0 amide bonds. The van der Waals surface area contributed by atoms with Gasteiger partial charge in [-0.1, -0.05) is 6.07 Å². The Morgan fingerprint density at radius 1 is 1.35 bits per heavy atom. The fourth-order valence-corrected chi connectivity index (χ4v) is 3.16. The second kappa shape index (κ2) is 3.25. The summed E-state index contributed by atoms with van der Waals surface area (Å²) in [5.41, 5.74) is 1.46. The van der Waals surface area contributed by atoms with E-state index >= 15 is 0 Å². The lowest BCUT2D eigenvalue weighted by Gasteiger charge is -2.17. The zero-order valence-electron chi connectivity index (χ0n) is 9.56. The predicted molar refractivity (Wildman–Crippen MR) is 58.8 cm³/mol. The van der Waals surface area contributed by atoms with Crippen LogP contribution in [0.1, 0.15) is 23.1 Å². The first kappa shape index (κ1) is 11.1. The molecular weight excluding hydrogens is 227 g/mol. The van der Waals surface area contributed by atoms with Crippen LogP contribution in [-0.2, 0) is 11.6 Å². The number of fused-ring (bicyclic) bond motifs is 1. The van der Waals surface area contributed by atoms with Gasteiger partial charge in [0.2, 0.25) is 0 Å². The molecule has 4 heteroatoms. The largest absolute Gasteiger partial charge is 0.416 e. The molecule has 92 valence electrons. The second-order valence-electron chi connectivity index (χ2n) is 5.22. The minimum Gasteiger partial charge on any atom is -0.316 e. The van der Waals surface area contributed by atoms with Gasteiger partial charge < -0.3 is 5.32 Å². The van der Waals surface area contributed by atoms with Gasteiger partial charge in [0.15, 0.2) is 0 Å². The van der Waals surface area contributed by atoms with Crippen LogP contribution in [0, 0.1) is 12.8 Å². The number of rotatable bonds is 1. The highest BCUT2D eigenvalue weighted by molar-refractivity contribution is 5.44. The van der Waals surface area contributed by atoms with Crippen molar-refractivity contribution in [3.05, 3.63) is 34.9 Å². The smallest absolute Gasteiger partial charge is 0.316 e. The van der Waals surface area contributed by atoms with Crippen molar-refractivity contribution in [2.75, 3.05) is 13.1 Å². The summed E-state index contributed by atoms with van der Waals surface area (Å²) in [7, 11) is 0. The number of hydrogen-bond donors (Lipinski definition) is 1. The minimum absolute atomic E-state index is 0.133. The molecule has 1 aliphatic carbocycles. The molecule has 1 aromatic rings. The first-order chi connectivity index (χ1) is 7.93. The zero-order valence-corrected chi connectivity index (χ0v) is 9.56. The van der Waals surface area contributed by atoms with E-state index in [0.29, 0.717) is 5.92 Å². The molecule has 1 aromatic carbocycles. The monoisotopic (exact) mass is 241 g/mol. The molecule has 0 aromatic heterocycles. The van der Waals surface area contributed by atoms with Crippen molar-refractivity contribution in [2.45, 2.75) is 24.9 Å². The van der Waals surface area contributed by atoms with E-state index in [1.165, 1.54) is 12.1 Å². The van der Waals surface area contributed by atoms with Crippen molar-refractivity contribution in [1.82, 2.24) is 5.32 Å². The Morgan fingerprint density at radius 2 is 2.12 bits per heavy atom. The van der Waals surface area contributed by atoms with Gasteiger partial charge in [0.1, 0.15) is 0 Å². The average molecular weight is 241 g/mol. The molecule has 0 bridgehead atoms. The lowest BCUT2D eigenvalue weighted by atomic mass is 9.90. The van der Waals surface area contributed by atoms with Crippen molar-refractivity contribution < 1.29 is 13.2 Å². The molecule has 2 aliphatic rings. The SMILES string of the molecule is Cc1cc(C(F)(F)F)ccc1[C@]12CNC[C@@H]1C2. The average Bonchev–Trinajstić information content (AvgIpc) is 2.80. The fraction of sp³-hybridized carbons (Fsp3) is 0.538. The van der Waals surface area contributed by atoms with E-state index in [0.717, 1.165) is 30.6 Å². The highest BCUT2D eigenvalue weighted by Crippen LogP contribution is 2.57. The van der Waals surface area contributed by atoms with Crippen LogP contribution in [0.15, 0.2) is 18.2 Å². The van der Waals surface area contributed by atoms with Crippen LogP contribution in [0.3, 0.4) is 0 Å². The van der Waals surface area contributed by atoms with E-state index in [9.17, 15) is 13.2 Å². The molecule has 1 heterocycles. The lowest BCUT2D eigenvalue weighted by Crippen LogP contribution is -2.20. The summed E-state index contributed by atoms with van der Waals surface area (Å²) < 4.78 is 37.7. The quantitative estimate of drug-likeness (QED) is 0.797. The number of piperidine rings is 1. The molecule has 1 N–H and O–H groups in total. The summed E-state index contributed by atoms with van der Waals surface area (Å²) in [6.07, 6.45) is -3.12. The van der Waals surface area contributed by atoms with Crippen LogP contribution in [-0.4, -0.2) is 13.1 Å². The number of aryl methyl sites for hydroxylation is 1. The van der Waals surface area contributed by atoms with Gasteiger partial charge in [-0.3, -0.25) is 0 Å². The molecule has 3 rings (SSSR count). The first-order valence-corrected chi connectivity index (χ1v) is 5.82. The van der Waals surface area contributed by atoms with E-state index in [2.05, 4.69) is 5.32 Å². The summed E-state index contributed by atoms with van der Waals surface area (Å²) in [6, 6.07) is 4.16. The second-order valence-corrected chi connectivity index (χ2v) is 5.22. The summed E-state index contributed by atoms with van der Waals surface area (Å²) in [6.45, 7) is 3.69. The molecule has 0 spiro atoms. The van der Waals surface area contributed by atoms with Crippen molar-refractivity contribution in [3.8, 4) is 0 Å². The normalized spacial score (nSPS) is 31.4. The standard InChI is InChI=1S/C13H14F3N/c1-8-4-9(13(14,15)16)2-3-11(8)12-5-10(12)6-17-7-12/h2-4,10,17H,5-7H2,1H3/t10-,12+/m0/s1. The maximum absolute atomic E-state index is 12.6. The number of halogens is 3. The maximum atomic E-state index is 12.6. The van der Waals surface area contributed by atoms with Gasteiger partial charge in [0, 0.05) is 12.0 Å². The summed E-state index contributed by atoms with van der Waals surface area (Å²) in [5, 5.41) is 3.31. The number of hydrogen-bond acceptors (Lipinski definition) is 1. The van der Waals surface area contributed by atoms with Crippen molar-refractivity contribution in [3.63, 3.8) is 0 Å². The van der Waals surface area contributed by atoms with Crippen LogP contribution in [0.25, 0.3) is 0 Å². The van der Waals surface area contributed by atoms with E-state index in [4.69, 9.17) is 0 Å². The third kappa shape index (κ3) is 1.58. The minimum atomic E-state index is -4.24. The molecule has 1 aliphatic heterocycles. The Labute approximate surface area is 98.0 Å². The molecule has 1 nitrogen and oxygen atoms in total. The van der Waals surface area contributed by atoms with Gasteiger partial charge >= 0.3 is 6.18 Å². The van der Waals surface area contributed by atoms with Crippen LogP contribution in [0.2, 0.25) is 0 Å². The summed E-state index contributed by atoms with van der Waals surface area (Å²) in [5.74, 6) is 0.623. The van der Waals surface area contributed by atoms with E-state index in [1.54, 1.807) is 13.0 Å².